The summed E-state index contributed by atoms with van der Waals surface area (Å²) in [5.74, 6) is 0. The second-order valence-electron chi connectivity index (χ2n) is 5.44. The quantitative estimate of drug-likeness (QED) is 0.569. The highest BCUT2D eigenvalue weighted by atomic mass is 79.9. The van der Waals surface area contributed by atoms with Crippen LogP contribution in [-0.4, -0.2) is 0 Å². The first-order valence-corrected chi connectivity index (χ1v) is 8.12. The van der Waals surface area contributed by atoms with Crippen LogP contribution in [0.25, 0.3) is 11.1 Å². The molecule has 0 fully saturated rings. The number of anilines is 2. The van der Waals surface area contributed by atoms with E-state index in [0.29, 0.717) is 0 Å². The molecule has 0 atom stereocenters. The Morgan fingerprint density at radius 2 is 1.36 bits per heavy atom. The molecule has 0 aliphatic heterocycles. The van der Waals surface area contributed by atoms with E-state index in [-0.39, 0.29) is 0 Å². The van der Waals surface area contributed by atoms with Crippen molar-refractivity contribution in [2.75, 3.05) is 5.32 Å². The summed E-state index contributed by atoms with van der Waals surface area (Å²) in [5.41, 5.74) is 7.22. The minimum atomic E-state index is 1.08. The third-order valence-electron chi connectivity index (χ3n) is 3.83. The van der Waals surface area contributed by atoms with Gasteiger partial charge >= 0.3 is 0 Å². The Hall–Kier alpha value is -2.06. The lowest BCUT2D eigenvalue weighted by molar-refractivity contribution is 1.41. The number of para-hydroxylation sites is 1. The second-order valence-corrected chi connectivity index (χ2v) is 6.36. The highest BCUT2D eigenvalue weighted by Crippen LogP contribution is 2.35. The van der Waals surface area contributed by atoms with Crippen molar-refractivity contribution in [2.45, 2.75) is 13.8 Å². The molecular weight excluding hydrogens is 334 g/mol. The second kappa shape index (κ2) is 6.37. The molecule has 1 nitrogen and oxygen atoms in total. The Morgan fingerprint density at radius 3 is 2.09 bits per heavy atom. The SMILES string of the molecule is Cc1ccccc1Nc1ccc(Br)cc1-c1ccccc1C. The molecule has 2 heteroatoms. The van der Waals surface area contributed by atoms with Crippen LogP contribution < -0.4 is 5.32 Å². The summed E-state index contributed by atoms with van der Waals surface area (Å²) in [6, 6.07) is 23.2. The molecule has 0 heterocycles. The zero-order chi connectivity index (χ0) is 15.5. The van der Waals surface area contributed by atoms with Crippen LogP contribution in [0.15, 0.2) is 71.2 Å². The molecule has 0 saturated carbocycles. The van der Waals surface area contributed by atoms with Crippen molar-refractivity contribution in [3.05, 3.63) is 82.3 Å². The summed E-state index contributed by atoms with van der Waals surface area (Å²) in [6.45, 7) is 4.27. The van der Waals surface area contributed by atoms with E-state index in [1.54, 1.807) is 0 Å². The molecule has 3 rings (SSSR count). The van der Waals surface area contributed by atoms with E-state index >= 15 is 0 Å². The fourth-order valence-corrected chi connectivity index (χ4v) is 2.94. The van der Waals surface area contributed by atoms with Gasteiger partial charge in [-0.25, -0.2) is 0 Å². The molecule has 1 N–H and O–H groups in total. The van der Waals surface area contributed by atoms with Gasteiger partial charge < -0.3 is 5.32 Å². The first-order chi connectivity index (χ1) is 10.6. The lowest BCUT2D eigenvalue weighted by Gasteiger charge is -2.16. The monoisotopic (exact) mass is 351 g/mol. The van der Waals surface area contributed by atoms with Crippen LogP contribution in [0, 0.1) is 13.8 Å². The number of hydrogen-bond acceptors (Lipinski definition) is 1. The van der Waals surface area contributed by atoms with Gasteiger partial charge in [-0.15, -0.1) is 0 Å². The third kappa shape index (κ3) is 3.07. The number of halogens is 1. The van der Waals surface area contributed by atoms with Crippen LogP contribution >= 0.6 is 15.9 Å². The highest BCUT2D eigenvalue weighted by molar-refractivity contribution is 9.10. The summed E-state index contributed by atoms with van der Waals surface area (Å²) in [7, 11) is 0. The van der Waals surface area contributed by atoms with Crippen molar-refractivity contribution in [1.82, 2.24) is 0 Å². The van der Waals surface area contributed by atoms with E-state index in [2.05, 4.69) is 102 Å². The number of aryl methyl sites for hydroxylation is 2. The standard InChI is InChI=1S/C20H18BrN/c1-14-7-3-5-9-17(14)18-13-16(21)11-12-20(18)22-19-10-6-4-8-15(19)2/h3-13,22H,1-2H3. The molecule has 110 valence electrons. The zero-order valence-electron chi connectivity index (χ0n) is 12.7. The summed E-state index contributed by atoms with van der Waals surface area (Å²) >= 11 is 3.59. The first kappa shape index (κ1) is 14.9. The van der Waals surface area contributed by atoms with E-state index in [1.807, 2.05) is 0 Å². The van der Waals surface area contributed by atoms with E-state index < -0.39 is 0 Å². The van der Waals surface area contributed by atoms with Gasteiger partial charge in [-0.2, -0.15) is 0 Å². The summed E-state index contributed by atoms with van der Waals surface area (Å²) in [6.07, 6.45) is 0. The molecule has 0 bridgehead atoms. The number of rotatable bonds is 3. The lowest BCUT2D eigenvalue weighted by Crippen LogP contribution is -1.96. The Labute approximate surface area is 140 Å². The van der Waals surface area contributed by atoms with E-state index in [1.165, 1.54) is 22.3 Å². The summed E-state index contributed by atoms with van der Waals surface area (Å²) in [5, 5.41) is 3.57. The molecule has 0 aromatic heterocycles. The Balaban J connectivity index is 2.10. The average Bonchev–Trinajstić information content (AvgIpc) is 2.52. The molecule has 0 aliphatic carbocycles. The van der Waals surface area contributed by atoms with Crippen molar-refractivity contribution in [3.63, 3.8) is 0 Å². The molecule has 0 radical (unpaired) electrons. The molecule has 0 aliphatic rings. The predicted octanol–water partition coefficient (Wildman–Crippen LogP) is 6.48. The van der Waals surface area contributed by atoms with Gasteiger partial charge in [-0.3, -0.25) is 0 Å². The minimum Gasteiger partial charge on any atom is -0.355 e. The zero-order valence-corrected chi connectivity index (χ0v) is 14.3. The van der Waals surface area contributed by atoms with Gasteiger partial charge in [0.05, 0.1) is 0 Å². The summed E-state index contributed by atoms with van der Waals surface area (Å²) in [4.78, 5) is 0. The maximum atomic E-state index is 3.59. The fraction of sp³-hybridized carbons (Fsp3) is 0.100. The first-order valence-electron chi connectivity index (χ1n) is 7.33. The Morgan fingerprint density at radius 1 is 0.682 bits per heavy atom. The van der Waals surface area contributed by atoms with Gasteiger partial charge in [0.1, 0.15) is 0 Å². The maximum absolute atomic E-state index is 3.59. The summed E-state index contributed by atoms with van der Waals surface area (Å²) < 4.78 is 1.08. The smallest absolute Gasteiger partial charge is 0.0464 e. The highest BCUT2D eigenvalue weighted by Gasteiger charge is 2.09. The maximum Gasteiger partial charge on any atom is 0.0464 e. The van der Waals surface area contributed by atoms with Gasteiger partial charge in [-0.1, -0.05) is 58.4 Å². The van der Waals surface area contributed by atoms with Crippen LogP contribution in [0.3, 0.4) is 0 Å². The molecule has 3 aromatic rings. The van der Waals surface area contributed by atoms with Gasteiger partial charge in [-0.05, 0) is 54.8 Å². The van der Waals surface area contributed by atoms with E-state index in [4.69, 9.17) is 0 Å². The van der Waals surface area contributed by atoms with Crippen LogP contribution in [0.4, 0.5) is 11.4 Å². The van der Waals surface area contributed by atoms with Gasteiger partial charge in [0.25, 0.3) is 0 Å². The van der Waals surface area contributed by atoms with Gasteiger partial charge in [0, 0.05) is 21.4 Å². The number of nitrogens with one attached hydrogen (secondary N) is 1. The largest absolute Gasteiger partial charge is 0.355 e. The Kier molecular flexibility index (Phi) is 4.30. The fourth-order valence-electron chi connectivity index (χ4n) is 2.58. The molecule has 0 amide bonds. The minimum absolute atomic E-state index is 1.08. The number of benzene rings is 3. The predicted molar refractivity (Wildman–Crippen MR) is 98.8 cm³/mol. The van der Waals surface area contributed by atoms with Crippen molar-refractivity contribution < 1.29 is 0 Å². The molecule has 22 heavy (non-hydrogen) atoms. The van der Waals surface area contributed by atoms with Crippen molar-refractivity contribution >= 4 is 27.3 Å². The van der Waals surface area contributed by atoms with E-state index in [9.17, 15) is 0 Å². The topological polar surface area (TPSA) is 12.0 Å². The molecule has 0 saturated heterocycles. The van der Waals surface area contributed by atoms with Crippen LogP contribution in [-0.2, 0) is 0 Å². The molecule has 0 spiro atoms. The van der Waals surface area contributed by atoms with E-state index in [0.717, 1.165) is 15.8 Å². The number of hydrogen-bond donors (Lipinski definition) is 1. The van der Waals surface area contributed by atoms with Gasteiger partial charge in [0.2, 0.25) is 0 Å². The van der Waals surface area contributed by atoms with Crippen LogP contribution in [0.1, 0.15) is 11.1 Å². The van der Waals surface area contributed by atoms with Crippen LogP contribution in [0.2, 0.25) is 0 Å². The molecule has 0 unspecified atom stereocenters. The van der Waals surface area contributed by atoms with Gasteiger partial charge in [0.15, 0.2) is 0 Å². The van der Waals surface area contributed by atoms with Crippen molar-refractivity contribution in [3.8, 4) is 11.1 Å². The average molecular weight is 352 g/mol. The third-order valence-corrected chi connectivity index (χ3v) is 4.32. The van der Waals surface area contributed by atoms with Crippen molar-refractivity contribution in [1.29, 1.82) is 0 Å². The molecule has 3 aromatic carbocycles. The van der Waals surface area contributed by atoms with Crippen LogP contribution in [0.5, 0.6) is 0 Å². The lowest BCUT2D eigenvalue weighted by atomic mass is 9.99. The van der Waals surface area contributed by atoms with Crippen molar-refractivity contribution in [2.24, 2.45) is 0 Å². The normalized spacial score (nSPS) is 10.5. The Bertz CT molecular complexity index is 808. The molecular formula is C20H18BrN.